The highest BCUT2D eigenvalue weighted by molar-refractivity contribution is 5.43. The van der Waals surface area contributed by atoms with Crippen LogP contribution in [0.4, 0.5) is 5.69 Å². The van der Waals surface area contributed by atoms with Crippen LogP contribution in [-0.2, 0) is 6.54 Å². The second-order valence-electron chi connectivity index (χ2n) is 3.53. The summed E-state index contributed by atoms with van der Waals surface area (Å²) in [6.45, 7) is 2.85. The minimum absolute atomic E-state index is 0.841. The molecule has 0 saturated heterocycles. The standard InChI is InChI=1S/C13H14N2/c1-11-9-12(7-8-14-11)10-15-13-5-3-2-4-6-13/h2-9,15H,10H2,1H3. The third-order valence-electron chi connectivity index (χ3n) is 2.23. The van der Waals surface area contributed by atoms with E-state index in [1.165, 1.54) is 5.56 Å². The van der Waals surface area contributed by atoms with Crippen molar-refractivity contribution in [1.29, 1.82) is 0 Å². The summed E-state index contributed by atoms with van der Waals surface area (Å²) >= 11 is 0. The van der Waals surface area contributed by atoms with Gasteiger partial charge in [-0.3, -0.25) is 4.98 Å². The Morgan fingerprint density at radius 2 is 1.93 bits per heavy atom. The molecule has 76 valence electrons. The summed E-state index contributed by atoms with van der Waals surface area (Å²) in [4.78, 5) is 4.17. The Hall–Kier alpha value is -1.83. The first-order valence-corrected chi connectivity index (χ1v) is 5.05. The van der Waals surface area contributed by atoms with Gasteiger partial charge >= 0.3 is 0 Å². The van der Waals surface area contributed by atoms with E-state index in [-0.39, 0.29) is 0 Å². The number of nitrogens with one attached hydrogen (secondary N) is 1. The van der Waals surface area contributed by atoms with Crippen LogP contribution in [0.5, 0.6) is 0 Å². The molecular weight excluding hydrogens is 184 g/mol. The van der Waals surface area contributed by atoms with Gasteiger partial charge in [-0.2, -0.15) is 0 Å². The number of hydrogen-bond acceptors (Lipinski definition) is 2. The van der Waals surface area contributed by atoms with Gasteiger partial charge in [-0.15, -0.1) is 0 Å². The maximum Gasteiger partial charge on any atom is 0.0402 e. The van der Waals surface area contributed by atoms with Crippen molar-refractivity contribution in [2.45, 2.75) is 13.5 Å². The van der Waals surface area contributed by atoms with Gasteiger partial charge in [-0.25, -0.2) is 0 Å². The summed E-state index contributed by atoms with van der Waals surface area (Å²) < 4.78 is 0. The molecule has 0 unspecified atom stereocenters. The first kappa shape index (κ1) is 9.71. The maximum atomic E-state index is 4.17. The number of para-hydroxylation sites is 1. The Bertz CT molecular complexity index is 424. The number of nitrogens with zero attached hydrogens (tertiary/aromatic N) is 1. The predicted molar refractivity (Wildman–Crippen MR) is 62.7 cm³/mol. The lowest BCUT2D eigenvalue weighted by Gasteiger charge is -2.06. The van der Waals surface area contributed by atoms with Crippen molar-refractivity contribution in [2.75, 3.05) is 5.32 Å². The summed E-state index contributed by atoms with van der Waals surface area (Å²) in [5.74, 6) is 0. The van der Waals surface area contributed by atoms with Crippen LogP contribution >= 0.6 is 0 Å². The molecule has 2 rings (SSSR count). The van der Waals surface area contributed by atoms with Gasteiger partial charge < -0.3 is 5.32 Å². The second-order valence-corrected chi connectivity index (χ2v) is 3.53. The smallest absolute Gasteiger partial charge is 0.0402 e. The van der Waals surface area contributed by atoms with Crippen molar-refractivity contribution in [3.63, 3.8) is 0 Å². The molecule has 1 heterocycles. The summed E-state index contributed by atoms with van der Waals surface area (Å²) in [5, 5.41) is 3.36. The van der Waals surface area contributed by atoms with Crippen molar-refractivity contribution >= 4 is 5.69 Å². The van der Waals surface area contributed by atoms with E-state index >= 15 is 0 Å². The SMILES string of the molecule is Cc1cc(CNc2ccccc2)ccn1. The topological polar surface area (TPSA) is 24.9 Å². The largest absolute Gasteiger partial charge is 0.381 e. The van der Waals surface area contributed by atoms with Gasteiger partial charge in [0.1, 0.15) is 0 Å². The highest BCUT2D eigenvalue weighted by Gasteiger charge is 1.93. The highest BCUT2D eigenvalue weighted by Crippen LogP contribution is 2.08. The number of benzene rings is 1. The molecular formula is C13H14N2. The Morgan fingerprint density at radius 1 is 1.13 bits per heavy atom. The monoisotopic (exact) mass is 198 g/mol. The molecule has 1 aromatic carbocycles. The molecule has 2 heteroatoms. The first-order valence-electron chi connectivity index (χ1n) is 5.05. The average Bonchev–Trinajstić information content (AvgIpc) is 2.28. The third kappa shape index (κ3) is 2.81. The fourth-order valence-corrected chi connectivity index (χ4v) is 1.47. The van der Waals surface area contributed by atoms with Crippen molar-refractivity contribution in [2.24, 2.45) is 0 Å². The molecule has 0 aliphatic heterocycles. The van der Waals surface area contributed by atoms with Crippen LogP contribution in [0.1, 0.15) is 11.3 Å². The first-order chi connectivity index (χ1) is 7.34. The fourth-order valence-electron chi connectivity index (χ4n) is 1.47. The molecule has 0 aliphatic rings. The normalized spacial score (nSPS) is 9.93. The molecule has 0 fully saturated rings. The van der Waals surface area contributed by atoms with Gasteiger partial charge in [0.2, 0.25) is 0 Å². The van der Waals surface area contributed by atoms with Crippen molar-refractivity contribution < 1.29 is 0 Å². The van der Waals surface area contributed by atoms with E-state index in [1.54, 1.807) is 0 Å². The second kappa shape index (κ2) is 4.60. The zero-order chi connectivity index (χ0) is 10.5. The third-order valence-corrected chi connectivity index (χ3v) is 2.23. The van der Waals surface area contributed by atoms with Gasteiger partial charge in [-0.1, -0.05) is 18.2 Å². The van der Waals surface area contributed by atoms with E-state index in [1.807, 2.05) is 37.4 Å². The van der Waals surface area contributed by atoms with Gasteiger partial charge in [0.25, 0.3) is 0 Å². The van der Waals surface area contributed by atoms with E-state index in [9.17, 15) is 0 Å². The molecule has 0 radical (unpaired) electrons. The van der Waals surface area contributed by atoms with E-state index < -0.39 is 0 Å². The molecule has 15 heavy (non-hydrogen) atoms. The minimum atomic E-state index is 0.841. The summed E-state index contributed by atoms with van der Waals surface area (Å²) in [6, 6.07) is 14.3. The van der Waals surface area contributed by atoms with Crippen LogP contribution in [0.15, 0.2) is 48.7 Å². The number of anilines is 1. The van der Waals surface area contributed by atoms with Crippen LogP contribution in [-0.4, -0.2) is 4.98 Å². The Morgan fingerprint density at radius 3 is 2.67 bits per heavy atom. The molecule has 1 N–H and O–H groups in total. The van der Waals surface area contributed by atoms with Crippen molar-refractivity contribution in [3.8, 4) is 0 Å². The van der Waals surface area contributed by atoms with Crippen LogP contribution < -0.4 is 5.32 Å². The number of aryl methyl sites for hydroxylation is 1. The number of pyridine rings is 1. The van der Waals surface area contributed by atoms with E-state index in [0.29, 0.717) is 0 Å². The molecule has 0 aliphatic carbocycles. The van der Waals surface area contributed by atoms with Gasteiger partial charge in [-0.05, 0) is 36.8 Å². The fraction of sp³-hybridized carbons (Fsp3) is 0.154. The zero-order valence-corrected chi connectivity index (χ0v) is 8.77. The lowest BCUT2D eigenvalue weighted by molar-refractivity contribution is 1.10. The van der Waals surface area contributed by atoms with Crippen molar-refractivity contribution in [1.82, 2.24) is 4.98 Å². The Labute approximate surface area is 90.0 Å². The van der Waals surface area contributed by atoms with Crippen LogP contribution in [0.3, 0.4) is 0 Å². The van der Waals surface area contributed by atoms with Crippen LogP contribution in [0, 0.1) is 6.92 Å². The zero-order valence-electron chi connectivity index (χ0n) is 8.77. The molecule has 0 spiro atoms. The molecule has 0 bridgehead atoms. The molecule has 2 nitrogen and oxygen atoms in total. The lowest BCUT2D eigenvalue weighted by Crippen LogP contribution is -1.99. The molecule has 0 atom stereocenters. The molecule has 0 saturated carbocycles. The van der Waals surface area contributed by atoms with E-state index in [0.717, 1.165) is 17.9 Å². The molecule has 2 aromatic rings. The number of rotatable bonds is 3. The Kier molecular flexibility index (Phi) is 2.98. The van der Waals surface area contributed by atoms with Crippen LogP contribution in [0.2, 0.25) is 0 Å². The Balaban J connectivity index is 1.99. The summed E-state index contributed by atoms with van der Waals surface area (Å²) in [5.41, 5.74) is 3.46. The summed E-state index contributed by atoms with van der Waals surface area (Å²) in [7, 11) is 0. The van der Waals surface area contributed by atoms with Gasteiger partial charge in [0.05, 0.1) is 0 Å². The minimum Gasteiger partial charge on any atom is -0.381 e. The molecule has 1 aromatic heterocycles. The highest BCUT2D eigenvalue weighted by atomic mass is 14.9. The van der Waals surface area contributed by atoms with E-state index in [2.05, 4.69) is 28.5 Å². The average molecular weight is 198 g/mol. The quantitative estimate of drug-likeness (QED) is 0.820. The summed E-state index contributed by atoms with van der Waals surface area (Å²) in [6.07, 6.45) is 1.84. The number of aromatic nitrogens is 1. The van der Waals surface area contributed by atoms with Crippen molar-refractivity contribution in [3.05, 3.63) is 59.9 Å². The maximum absolute atomic E-state index is 4.17. The predicted octanol–water partition coefficient (Wildman–Crippen LogP) is 3.00. The lowest BCUT2D eigenvalue weighted by atomic mass is 10.2. The van der Waals surface area contributed by atoms with Gasteiger partial charge in [0, 0.05) is 24.1 Å². The van der Waals surface area contributed by atoms with Gasteiger partial charge in [0.15, 0.2) is 0 Å². The van der Waals surface area contributed by atoms with E-state index in [4.69, 9.17) is 0 Å². The van der Waals surface area contributed by atoms with Crippen LogP contribution in [0.25, 0.3) is 0 Å². The molecule has 0 amide bonds. The number of hydrogen-bond donors (Lipinski definition) is 1.